The van der Waals surface area contributed by atoms with E-state index in [1.54, 1.807) is 18.2 Å². The van der Waals surface area contributed by atoms with Crippen molar-refractivity contribution in [3.05, 3.63) is 35.6 Å². The Morgan fingerprint density at radius 2 is 2.21 bits per heavy atom. The number of ether oxygens (including phenoxy) is 1. The first-order chi connectivity index (χ1) is 6.70. The van der Waals surface area contributed by atoms with Gasteiger partial charge in [0, 0.05) is 19.4 Å². The first-order valence-corrected chi connectivity index (χ1v) is 4.73. The van der Waals surface area contributed by atoms with Crippen LogP contribution < -0.4 is 0 Å². The molecule has 3 heteroatoms. The van der Waals surface area contributed by atoms with Gasteiger partial charge in [0.05, 0.1) is 12.2 Å². The van der Waals surface area contributed by atoms with Crippen molar-refractivity contribution in [2.75, 3.05) is 13.2 Å². The van der Waals surface area contributed by atoms with Gasteiger partial charge >= 0.3 is 0 Å². The SMILES string of the molecule is OC1(Cc2ccccc2F)CCOC1. The van der Waals surface area contributed by atoms with E-state index >= 15 is 0 Å². The Morgan fingerprint density at radius 1 is 1.43 bits per heavy atom. The highest BCUT2D eigenvalue weighted by molar-refractivity contribution is 5.19. The highest BCUT2D eigenvalue weighted by atomic mass is 19.1. The minimum absolute atomic E-state index is 0.257. The van der Waals surface area contributed by atoms with E-state index in [9.17, 15) is 9.50 Å². The molecular weight excluding hydrogens is 183 g/mol. The second-order valence-electron chi connectivity index (χ2n) is 3.80. The molecule has 2 nitrogen and oxygen atoms in total. The maximum atomic E-state index is 13.3. The minimum atomic E-state index is -0.873. The summed E-state index contributed by atoms with van der Waals surface area (Å²) in [6, 6.07) is 6.53. The first-order valence-electron chi connectivity index (χ1n) is 4.73. The molecule has 0 aliphatic carbocycles. The molecule has 1 aromatic rings. The molecular formula is C11H13FO2. The Bertz CT molecular complexity index is 319. The fourth-order valence-corrected chi connectivity index (χ4v) is 1.73. The van der Waals surface area contributed by atoms with Crippen molar-refractivity contribution < 1.29 is 14.2 Å². The first kappa shape index (κ1) is 9.62. The highest BCUT2D eigenvalue weighted by Gasteiger charge is 2.32. The number of hydrogen-bond acceptors (Lipinski definition) is 2. The van der Waals surface area contributed by atoms with E-state index in [0.29, 0.717) is 31.6 Å². The van der Waals surface area contributed by atoms with Crippen LogP contribution in [0.3, 0.4) is 0 Å². The van der Waals surface area contributed by atoms with Gasteiger partial charge in [0.2, 0.25) is 0 Å². The van der Waals surface area contributed by atoms with E-state index < -0.39 is 5.60 Å². The van der Waals surface area contributed by atoms with Crippen molar-refractivity contribution in [2.45, 2.75) is 18.4 Å². The Hall–Kier alpha value is -0.930. The fraction of sp³-hybridized carbons (Fsp3) is 0.455. The van der Waals surface area contributed by atoms with Crippen LogP contribution in [0.2, 0.25) is 0 Å². The lowest BCUT2D eigenvalue weighted by atomic mass is 9.94. The Kier molecular flexibility index (Phi) is 2.52. The molecule has 1 aromatic carbocycles. The number of aliphatic hydroxyl groups is 1. The Balaban J connectivity index is 2.14. The molecule has 1 aliphatic rings. The molecule has 0 spiro atoms. The molecule has 1 unspecified atom stereocenters. The molecule has 1 N–H and O–H groups in total. The van der Waals surface area contributed by atoms with Crippen molar-refractivity contribution in [1.29, 1.82) is 0 Å². The van der Waals surface area contributed by atoms with Crippen LogP contribution in [-0.2, 0) is 11.2 Å². The van der Waals surface area contributed by atoms with E-state index in [2.05, 4.69) is 0 Å². The summed E-state index contributed by atoms with van der Waals surface area (Å²) in [5.74, 6) is -0.257. The highest BCUT2D eigenvalue weighted by Crippen LogP contribution is 2.24. The van der Waals surface area contributed by atoms with E-state index in [4.69, 9.17) is 4.74 Å². The number of hydrogen-bond donors (Lipinski definition) is 1. The lowest BCUT2D eigenvalue weighted by Crippen LogP contribution is -2.31. The number of benzene rings is 1. The van der Waals surface area contributed by atoms with Gasteiger partial charge < -0.3 is 9.84 Å². The molecule has 14 heavy (non-hydrogen) atoms. The van der Waals surface area contributed by atoms with Crippen molar-refractivity contribution in [2.24, 2.45) is 0 Å². The zero-order valence-electron chi connectivity index (χ0n) is 7.87. The maximum absolute atomic E-state index is 13.3. The lowest BCUT2D eigenvalue weighted by Gasteiger charge is -2.20. The van der Waals surface area contributed by atoms with E-state index in [-0.39, 0.29) is 5.82 Å². The molecule has 1 atom stereocenters. The average Bonchev–Trinajstić information content (AvgIpc) is 2.57. The van der Waals surface area contributed by atoms with Crippen LogP contribution in [0.25, 0.3) is 0 Å². The molecule has 1 fully saturated rings. The summed E-state index contributed by atoms with van der Waals surface area (Å²) in [5, 5.41) is 9.98. The molecule has 1 heterocycles. The maximum Gasteiger partial charge on any atom is 0.126 e. The smallest absolute Gasteiger partial charge is 0.126 e. The Morgan fingerprint density at radius 3 is 2.86 bits per heavy atom. The summed E-state index contributed by atoms with van der Waals surface area (Å²) in [5.41, 5.74) is -0.317. The fourth-order valence-electron chi connectivity index (χ4n) is 1.73. The summed E-state index contributed by atoms with van der Waals surface area (Å²) in [6.07, 6.45) is 0.918. The van der Waals surface area contributed by atoms with Gasteiger partial charge in [0.1, 0.15) is 5.82 Å². The summed E-state index contributed by atoms with van der Waals surface area (Å²) >= 11 is 0. The van der Waals surface area contributed by atoms with Crippen molar-refractivity contribution in [3.8, 4) is 0 Å². The minimum Gasteiger partial charge on any atom is -0.387 e. The molecule has 1 aliphatic heterocycles. The summed E-state index contributed by atoms with van der Waals surface area (Å²) in [4.78, 5) is 0. The number of halogens is 1. The van der Waals surface area contributed by atoms with E-state index in [0.717, 1.165) is 0 Å². The van der Waals surface area contributed by atoms with Crippen molar-refractivity contribution >= 4 is 0 Å². The standard InChI is InChI=1S/C11H13FO2/c12-10-4-2-1-3-9(10)7-11(13)5-6-14-8-11/h1-4,13H,5-8H2. The second kappa shape index (κ2) is 3.67. The van der Waals surface area contributed by atoms with E-state index in [1.807, 2.05) is 0 Å². The summed E-state index contributed by atoms with van der Waals surface area (Å²) < 4.78 is 18.4. The van der Waals surface area contributed by atoms with Crippen LogP contribution in [0, 0.1) is 5.82 Å². The second-order valence-corrected chi connectivity index (χ2v) is 3.80. The molecule has 0 radical (unpaired) electrons. The normalized spacial score (nSPS) is 26.7. The van der Waals surface area contributed by atoms with Gasteiger partial charge in [0.25, 0.3) is 0 Å². The van der Waals surface area contributed by atoms with Gasteiger partial charge in [-0.05, 0) is 11.6 Å². The van der Waals surface area contributed by atoms with Crippen LogP contribution in [0.15, 0.2) is 24.3 Å². The van der Waals surface area contributed by atoms with Crippen LogP contribution in [0.4, 0.5) is 4.39 Å². The lowest BCUT2D eigenvalue weighted by molar-refractivity contribution is 0.0264. The third-order valence-electron chi connectivity index (χ3n) is 2.56. The van der Waals surface area contributed by atoms with Gasteiger partial charge in [0.15, 0.2) is 0 Å². The molecule has 0 aromatic heterocycles. The average molecular weight is 196 g/mol. The van der Waals surface area contributed by atoms with Crippen LogP contribution in [-0.4, -0.2) is 23.9 Å². The number of rotatable bonds is 2. The van der Waals surface area contributed by atoms with Crippen LogP contribution in [0.1, 0.15) is 12.0 Å². The monoisotopic (exact) mass is 196 g/mol. The van der Waals surface area contributed by atoms with Crippen LogP contribution in [0.5, 0.6) is 0 Å². The Labute approximate surface area is 82.3 Å². The predicted molar refractivity (Wildman–Crippen MR) is 50.5 cm³/mol. The van der Waals surface area contributed by atoms with Gasteiger partial charge in [-0.25, -0.2) is 4.39 Å². The largest absolute Gasteiger partial charge is 0.387 e. The molecule has 0 amide bonds. The van der Waals surface area contributed by atoms with Gasteiger partial charge in [-0.2, -0.15) is 0 Å². The summed E-state index contributed by atoms with van der Waals surface area (Å²) in [7, 11) is 0. The molecule has 0 saturated carbocycles. The zero-order valence-corrected chi connectivity index (χ0v) is 7.87. The van der Waals surface area contributed by atoms with Gasteiger partial charge in [-0.15, -0.1) is 0 Å². The van der Waals surface area contributed by atoms with Gasteiger partial charge in [-0.1, -0.05) is 18.2 Å². The third kappa shape index (κ3) is 1.94. The summed E-state index contributed by atoms with van der Waals surface area (Å²) in [6.45, 7) is 0.867. The van der Waals surface area contributed by atoms with Gasteiger partial charge in [-0.3, -0.25) is 0 Å². The van der Waals surface area contributed by atoms with Crippen LogP contribution >= 0.6 is 0 Å². The third-order valence-corrected chi connectivity index (χ3v) is 2.56. The van der Waals surface area contributed by atoms with E-state index in [1.165, 1.54) is 6.07 Å². The zero-order chi connectivity index (χ0) is 10.0. The quantitative estimate of drug-likeness (QED) is 0.777. The van der Waals surface area contributed by atoms with Crippen molar-refractivity contribution in [1.82, 2.24) is 0 Å². The molecule has 0 bridgehead atoms. The molecule has 2 rings (SSSR count). The topological polar surface area (TPSA) is 29.5 Å². The predicted octanol–water partition coefficient (Wildman–Crippen LogP) is 1.52. The van der Waals surface area contributed by atoms with Crippen molar-refractivity contribution in [3.63, 3.8) is 0 Å². The molecule has 1 saturated heterocycles. The molecule has 76 valence electrons.